The first-order valence-electron chi connectivity index (χ1n) is 8.84. The lowest BCUT2D eigenvalue weighted by molar-refractivity contribution is -0.142. The topological polar surface area (TPSA) is 112 Å². The number of benzene rings is 1. The average molecular weight is 373 g/mol. The summed E-state index contributed by atoms with van der Waals surface area (Å²) in [5.74, 6) is -2.17. The highest BCUT2D eigenvalue weighted by molar-refractivity contribution is 5.92. The Hall–Kier alpha value is -2.87. The summed E-state index contributed by atoms with van der Waals surface area (Å²) in [6.45, 7) is 1.11. The van der Waals surface area contributed by atoms with Crippen molar-refractivity contribution in [3.63, 3.8) is 0 Å². The molecular weight excluding hydrogens is 350 g/mol. The zero-order valence-electron chi connectivity index (χ0n) is 15.1. The predicted octanol–water partition coefficient (Wildman–Crippen LogP) is 0.775. The van der Waals surface area contributed by atoms with Crippen LogP contribution in [0.15, 0.2) is 30.5 Å². The van der Waals surface area contributed by atoms with Crippen LogP contribution in [-0.2, 0) is 25.5 Å². The van der Waals surface area contributed by atoms with Crippen LogP contribution in [0.3, 0.4) is 0 Å². The van der Waals surface area contributed by atoms with E-state index in [2.05, 4.69) is 10.3 Å². The lowest BCUT2D eigenvalue weighted by Crippen LogP contribution is -2.45. The van der Waals surface area contributed by atoms with Gasteiger partial charge in [0.05, 0.1) is 12.5 Å². The van der Waals surface area contributed by atoms with Crippen molar-refractivity contribution in [2.45, 2.75) is 18.9 Å². The van der Waals surface area contributed by atoms with Gasteiger partial charge in [0.1, 0.15) is 6.04 Å². The molecule has 0 aliphatic carbocycles. The number of carboxylic acids is 1. The normalized spacial score (nSPS) is 18.0. The highest BCUT2D eigenvalue weighted by Crippen LogP contribution is 2.21. The minimum absolute atomic E-state index is 0.0922. The van der Waals surface area contributed by atoms with Crippen molar-refractivity contribution in [1.82, 2.24) is 15.2 Å². The summed E-state index contributed by atoms with van der Waals surface area (Å²) < 4.78 is 4.96. The predicted molar refractivity (Wildman–Crippen MR) is 98.1 cm³/mol. The van der Waals surface area contributed by atoms with E-state index in [1.807, 2.05) is 24.3 Å². The zero-order chi connectivity index (χ0) is 19.4. The number of aromatic amines is 1. The van der Waals surface area contributed by atoms with E-state index in [1.54, 1.807) is 18.2 Å². The summed E-state index contributed by atoms with van der Waals surface area (Å²) in [4.78, 5) is 40.9. The molecule has 1 fully saturated rings. The molecule has 27 heavy (non-hydrogen) atoms. The van der Waals surface area contributed by atoms with E-state index in [0.717, 1.165) is 16.5 Å². The van der Waals surface area contributed by atoms with Crippen molar-refractivity contribution in [3.05, 3.63) is 36.0 Å². The SMILES string of the molecule is COCCN1CC(C(=O)NC(Cc2c[nH]c3ccccc23)C(=O)O)CC1=O. The minimum Gasteiger partial charge on any atom is -0.480 e. The molecule has 2 aromatic rings. The second-order valence-electron chi connectivity index (χ2n) is 6.70. The van der Waals surface area contributed by atoms with Gasteiger partial charge in [-0.3, -0.25) is 9.59 Å². The van der Waals surface area contributed by atoms with E-state index in [0.29, 0.717) is 13.2 Å². The lowest BCUT2D eigenvalue weighted by Gasteiger charge is -2.18. The molecule has 1 saturated heterocycles. The largest absolute Gasteiger partial charge is 0.480 e. The Kier molecular flexibility index (Phi) is 5.75. The Labute approximate surface area is 156 Å². The number of carbonyl (C=O) groups is 3. The van der Waals surface area contributed by atoms with Crippen molar-refractivity contribution < 1.29 is 24.2 Å². The average Bonchev–Trinajstić information content (AvgIpc) is 3.23. The summed E-state index contributed by atoms with van der Waals surface area (Å²) >= 11 is 0. The zero-order valence-corrected chi connectivity index (χ0v) is 15.1. The van der Waals surface area contributed by atoms with Gasteiger partial charge < -0.3 is 25.0 Å². The number of hydrogen-bond acceptors (Lipinski definition) is 4. The first kappa shape index (κ1) is 18.9. The van der Waals surface area contributed by atoms with Crippen molar-refractivity contribution in [1.29, 1.82) is 0 Å². The number of fused-ring (bicyclic) bond motifs is 1. The maximum atomic E-state index is 12.5. The molecule has 0 radical (unpaired) electrons. The Morgan fingerprint density at radius 3 is 2.93 bits per heavy atom. The van der Waals surface area contributed by atoms with Crippen molar-refractivity contribution >= 4 is 28.7 Å². The van der Waals surface area contributed by atoms with E-state index < -0.39 is 23.8 Å². The molecule has 8 nitrogen and oxygen atoms in total. The van der Waals surface area contributed by atoms with E-state index >= 15 is 0 Å². The molecule has 144 valence electrons. The molecule has 2 amide bonds. The lowest BCUT2D eigenvalue weighted by atomic mass is 10.0. The Balaban J connectivity index is 1.65. The van der Waals surface area contributed by atoms with Crippen LogP contribution in [0.4, 0.5) is 0 Å². The van der Waals surface area contributed by atoms with Gasteiger partial charge in [-0.1, -0.05) is 18.2 Å². The third kappa shape index (κ3) is 4.28. The van der Waals surface area contributed by atoms with E-state index in [1.165, 1.54) is 0 Å². The van der Waals surface area contributed by atoms with E-state index in [4.69, 9.17) is 4.74 Å². The molecule has 1 aromatic carbocycles. The number of nitrogens with one attached hydrogen (secondary N) is 2. The number of likely N-dealkylation sites (tertiary alicyclic amines) is 1. The number of ether oxygens (including phenoxy) is 1. The number of carbonyl (C=O) groups excluding carboxylic acids is 2. The van der Waals surface area contributed by atoms with Crippen LogP contribution in [0, 0.1) is 5.92 Å². The number of para-hydroxylation sites is 1. The molecule has 2 atom stereocenters. The van der Waals surface area contributed by atoms with Crippen molar-refractivity contribution in [3.8, 4) is 0 Å². The number of methoxy groups -OCH3 is 1. The Morgan fingerprint density at radius 2 is 2.19 bits per heavy atom. The molecule has 8 heteroatoms. The van der Waals surface area contributed by atoms with Crippen LogP contribution >= 0.6 is 0 Å². The number of rotatable bonds is 8. The third-order valence-electron chi connectivity index (χ3n) is 4.86. The molecule has 2 heterocycles. The number of hydrogen-bond donors (Lipinski definition) is 3. The number of aromatic nitrogens is 1. The van der Waals surface area contributed by atoms with Crippen molar-refractivity contribution in [2.75, 3.05) is 26.8 Å². The molecular formula is C19H23N3O5. The maximum Gasteiger partial charge on any atom is 0.326 e. The second-order valence-corrected chi connectivity index (χ2v) is 6.70. The van der Waals surface area contributed by atoms with Crippen LogP contribution in [-0.4, -0.2) is 65.6 Å². The quantitative estimate of drug-likeness (QED) is 0.633. The standard InChI is InChI=1S/C19H23N3O5/c1-27-7-6-22-11-13(9-17(22)23)18(24)21-16(19(25)26)8-12-10-20-15-5-3-2-4-14(12)15/h2-5,10,13,16,20H,6-9,11H2,1H3,(H,21,24)(H,25,26). The molecule has 3 rings (SSSR count). The summed E-state index contributed by atoms with van der Waals surface area (Å²) in [5, 5.41) is 13.1. The fourth-order valence-electron chi connectivity index (χ4n) is 3.38. The molecule has 1 aliphatic rings. The second kappa shape index (κ2) is 8.22. The highest BCUT2D eigenvalue weighted by atomic mass is 16.5. The number of nitrogens with zero attached hydrogens (tertiary/aromatic N) is 1. The van der Waals surface area contributed by atoms with Gasteiger partial charge in [-0.25, -0.2) is 4.79 Å². The summed E-state index contributed by atoms with van der Waals surface area (Å²) in [6.07, 6.45) is 2.02. The van der Waals surface area contributed by atoms with Gasteiger partial charge in [-0.15, -0.1) is 0 Å². The third-order valence-corrected chi connectivity index (χ3v) is 4.86. The number of carboxylic acid groups (broad SMARTS) is 1. The fourth-order valence-corrected chi connectivity index (χ4v) is 3.38. The molecule has 1 aromatic heterocycles. The first-order chi connectivity index (χ1) is 13.0. The number of H-pyrrole nitrogens is 1. The minimum atomic E-state index is -1.10. The highest BCUT2D eigenvalue weighted by Gasteiger charge is 2.35. The maximum absolute atomic E-state index is 12.5. The summed E-state index contributed by atoms with van der Waals surface area (Å²) in [7, 11) is 1.55. The number of aliphatic carboxylic acids is 1. The molecule has 0 spiro atoms. The van der Waals surface area contributed by atoms with Crippen LogP contribution < -0.4 is 5.32 Å². The Morgan fingerprint density at radius 1 is 1.41 bits per heavy atom. The van der Waals surface area contributed by atoms with Gasteiger partial charge in [-0.05, 0) is 11.6 Å². The van der Waals surface area contributed by atoms with Crippen molar-refractivity contribution in [2.24, 2.45) is 5.92 Å². The van der Waals surface area contributed by atoms with Gasteiger partial charge in [0.25, 0.3) is 0 Å². The molecule has 3 N–H and O–H groups in total. The Bertz CT molecular complexity index is 847. The van der Waals surface area contributed by atoms with E-state index in [-0.39, 0.29) is 25.3 Å². The first-order valence-corrected chi connectivity index (χ1v) is 8.84. The van der Waals surface area contributed by atoms with Gasteiger partial charge >= 0.3 is 5.97 Å². The van der Waals surface area contributed by atoms with Gasteiger partial charge in [-0.2, -0.15) is 0 Å². The molecule has 0 bridgehead atoms. The summed E-state index contributed by atoms with van der Waals surface area (Å²) in [6, 6.07) is 6.54. The van der Waals surface area contributed by atoms with Gasteiger partial charge in [0.15, 0.2) is 0 Å². The van der Waals surface area contributed by atoms with Crippen LogP contribution in [0.2, 0.25) is 0 Å². The molecule has 0 saturated carbocycles. The van der Waals surface area contributed by atoms with Crippen LogP contribution in [0.5, 0.6) is 0 Å². The smallest absolute Gasteiger partial charge is 0.326 e. The van der Waals surface area contributed by atoms with Gasteiger partial charge in [0, 0.05) is 50.1 Å². The van der Waals surface area contributed by atoms with E-state index in [9.17, 15) is 19.5 Å². The number of amides is 2. The summed E-state index contributed by atoms with van der Waals surface area (Å²) in [5.41, 5.74) is 1.74. The monoisotopic (exact) mass is 373 g/mol. The molecule has 2 unspecified atom stereocenters. The molecule has 1 aliphatic heterocycles. The van der Waals surface area contributed by atoms with Gasteiger partial charge in [0.2, 0.25) is 11.8 Å². The van der Waals surface area contributed by atoms with Crippen LogP contribution in [0.25, 0.3) is 10.9 Å². The van der Waals surface area contributed by atoms with Crippen LogP contribution in [0.1, 0.15) is 12.0 Å². The fraction of sp³-hybridized carbons (Fsp3) is 0.421.